The van der Waals surface area contributed by atoms with Crippen molar-refractivity contribution >= 4 is 5.97 Å². The van der Waals surface area contributed by atoms with Crippen molar-refractivity contribution in [3.63, 3.8) is 0 Å². The Kier molecular flexibility index (Phi) is 4.00. The monoisotopic (exact) mass is 134 g/mol. The third kappa shape index (κ3) is 3.05. The fraction of sp³-hybridized carbons (Fsp3) is 0.800. The lowest BCUT2D eigenvalue weighted by molar-refractivity contribution is -0.152. The molecule has 0 saturated heterocycles. The normalized spacial score (nSPS) is 13.1. The number of hydrogen-bond donors (Lipinski definition) is 2. The van der Waals surface area contributed by atoms with Gasteiger partial charge in [-0.15, -0.1) is 0 Å². The third-order valence-electron chi connectivity index (χ3n) is 0.809. The van der Waals surface area contributed by atoms with E-state index in [0.717, 1.165) is 0 Å². The second-order valence-corrected chi connectivity index (χ2v) is 1.46. The van der Waals surface area contributed by atoms with Crippen LogP contribution in [0.2, 0.25) is 0 Å². The van der Waals surface area contributed by atoms with Crippen LogP contribution in [0, 0.1) is 0 Å². The van der Waals surface area contributed by atoms with E-state index in [1.807, 2.05) is 0 Å². The van der Waals surface area contributed by atoms with E-state index in [4.69, 9.17) is 10.2 Å². The van der Waals surface area contributed by atoms with E-state index in [1.54, 1.807) is 6.92 Å². The van der Waals surface area contributed by atoms with E-state index in [9.17, 15) is 4.79 Å². The molecule has 0 unspecified atom stereocenters. The average Bonchev–Trinajstić information content (AvgIpc) is 1.82. The van der Waals surface area contributed by atoms with Crippen LogP contribution in [0.4, 0.5) is 0 Å². The van der Waals surface area contributed by atoms with Crippen molar-refractivity contribution in [2.45, 2.75) is 13.0 Å². The third-order valence-corrected chi connectivity index (χ3v) is 0.809. The Hall–Kier alpha value is -0.610. The summed E-state index contributed by atoms with van der Waals surface area (Å²) in [5.74, 6) is -1.13. The first kappa shape index (κ1) is 8.39. The number of ether oxygens (including phenoxy) is 1. The van der Waals surface area contributed by atoms with Crippen molar-refractivity contribution in [2.75, 3.05) is 13.2 Å². The SMILES string of the molecule is CCO[C@@H](CO)C(=O)O. The quantitative estimate of drug-likeness (QED) is 0.542. The standard InChI is InChI=1S/C5H10O4/c1-2-9-4(3-6)5(7)8/h4,6H,2-3H2,1H3,(H,7,8)/t4-/m0/s1. The highest BCUT2D eigenvalue weighted by Crippen LogP contribution is 1.88. The van der Waals surface area contributed by atoms with Gasteiger partial charge in [0.05, 0.1) is 6.61 Å². The summed E-state index contributed by atoms with van der Waals surface area (Å²) in [4.78, 5) is 10.0. The zero-order chi connectivity index (χ0) is 7.28. The summed E-state index contributed by atoms with van der Waals surface area (Å²) < 4.78 is 4.60. The van der Waals surface area contributed by atoms with E-state index >= 15 is 0 Å². The van der Waals surface area contributed by atoms with E-state index in [-0.39, 0.29) is 0 Å². The molecule has 0 saturated carbocycles. The molecule has 0 aliphatic rings. The number of aliphatic hydroxyl groups excluding tert-OH is 1. The molecule has 0 heterocycles. The summed E-state index contributed by atoms with van der Waals surface area (Å²) in [6.45, 7) is 1.51. The molecule has 0 rings (SSSR count). The smallest absolute Gasteiger partial charge is 0.335 e. The van der Waals surface area contributed by atoms with Crippen molar-refractivity contribution in [3.05, 3.63) is 0 Å². The zero-order valence-electron chi connectivity index (χ0n) is 5.20. The molecule has 0 aliphatic carbocycles. The largest absolute Gasteiger partial charge is 0.479 e. The van der Waals surface area contributed by atoms with Crippen LogP contribution in [0.15, 0.2) is 0 Å². The molecule has 0 amide bonds. The fourth-order valence-electron chi connectivity index (χ4n) is 0.403. The first-order valence-corrected chi connectivity index (χ1v) is 2.67. The maximum absolute atomic E-state index is 10.0. The van der Waals surface area contributed by atoms with Crippen LogP contribution in [-0.2, 0) is 9.53 Å². The lowest BCUT2D eigenvalue weighted by Gasteiger charge is -2.06. The van der Waals surface area contributed by atoms with Crippen LogP contribution in [0.1, 0.15) is 6.92 Å². The molecule has 0 aromatic heterocycles. The Bertz CT molecular complexity index is 91.0. The lowest BCUT2D eigenvalue weighted by Crippen LogP contribution is -2.27. The van der Waals surface area contributed by atoms with Gasteiger partial charge in [-0.3, -0.25) is 0 Å². The van der Waals surface area contributed by atoms with E-state index in [2.05, 4.69) is 4.74 Å². The first-order chi connectivity index (χ1) is 4.22. The number of aliphatic carboxylic acids is 1. The van der Waals surface area contributed by atoms with Gasteiger partial charge >= 0.3 is 5.97 Å². The molecule has 0 bridgehead atoms. The van der Waals surface area contributed by atoms with Gasteiger partial charge in [0.2, 0.25) is 0 Å². The molecule has 0 fully saturated rings. The van der Waals surface area contributed by atoms with Crippen molar-refractivity contribution < 1.29 is 19.7 Å². The predicted molar refractivity (Wildman–Crippen MR) is 30.1 cm³/mol. The number of carboxylic acids is 1. The zero-order valence-corrected chi connectivity index (χ0v) is 5.20. The molecule has 4 heteroatoms. The number of carbonyl (C=O) groups is 1. The molecule has 1 atom stereocenters. The van der Waals surface area contributed by atoms with Crippen LogP contribution < -0.4 is 0 Å². The lowest BCUT2D eigenvalue weighted by atomic mass is 10.4. The number of aliphatic hydroxyl groups is 1. The number of hydrogen-bond acceptors (Lipinski definition) is 3. The highest BCUT2D eigenvalue weighted by atomic mass is 16.5. The van der Waals surface area contributed by atoms with Gasteiger partial charge in [-0.2, -0.15) is 0 Å². The van der Waals surface area contributed by atoms with E-state index in [1.165, 1.54) is 0 Å². The van der Waals surface area contributed by atoms with Gasteiger partial charge in [-0.05, 0) is 6.92 Å². The summed E-state index contributed by atoms with van der Waals surface area (Å²) in [6.07, 6.45) is -1.06. The minimum Gasteiger partial charge on any atom is -0.479 e. The maximum atomic E-state index is 10.0. The summed E-state index contributed by atoms with van der Waals surface area (Å²) in [5.41, 5.74) is 0. The second kappa shape index (κ2) is 4.29. The molecule has 2 N–H and O–H groups in total. The Morgan fingerprint density at radius 3 is 2.44 bits per heavy atom. The molecule has 9 heavy (non-hydrogen) atoms. The van der Waals surface area contributed by atoms with Crippen LogP contribution in [-0.4, -0.2) is 35.5 Å². The minimum atomic E-state index is -1.13. The van der Waals surface area contributed by atoms with Crippen LogP contribution in [0.3, 0.4) is 0 Å². The Labute approximate surface area is 53.1 Å². The van der Waals surface area contributed by atoms with Crippen molar-refractivity contribution in [1.29, 1.82) is 0 Å². The summed E-state index contributed by atoms with van der Waals surface area (Å²) in [7, 11) is 0. The predicted octanol–water partition coefficient (Wildman–Crippen LogP) is -0.532. The Morgan fingerprint density at radius 2 is 2.33 bits per heavy atom. The second-order valence-electron chi connectivity index (χ2n) is 1.46. The van der Waals surface area contributed by atoms with Gasteiger partial charge in [-0.25, -0.2) is 4.79 Å². The van der Waals surface area contributed by atoms with Gasteiger partial charge in [-0.1, -0.05) is 0 Å². The van der Waals surface area contributed by atoms with Crippen LogP contribution in [0.5, 0.6) is 0 Å². The van der Waals surface area contributed by atoms with E-state index < -0.39 is 18.7 Å². The van der Waals surface area contributed by atoms with Crippen molar-refractivity contribution in [3.8, 4) is 0 Å². The molecule has 0 radical (unpaired) electrons. The highest BCUT2D eigenvalue weighted by molar-refractivity contribution is 5.72. The van der Waals surface area contributed by atoms with Crippen molar-refractivity contribution in [2.24, 2.45) is 0 Å². The molecular weight excluding hydrogens is 124 g/mol. The molecule has 0 aromatic carbocycles. The molecule has 4 nitrogen and oxygen atoms in total. The van der Waals surface area contributed by atoms with Gasteiger partial charge in [0.25, 0.3) is 0 Å². The summed E-state index contributed by atoms with van der Waals surface area (Å²) in [6, 6.07) is 0. The molecule has 0 aliphatic heterocycles. The van der Waals surface area contributed by atoms with Gasteiger partial charge in [0.1, 0.15) is 0 Å². The number of carboxylic acid groups (broad SMARTS) is 1. The van der Waals surface area contributed by atoms with Crippen LogP contribution >= 0.6 is 0 Å². The Morgan fingerprint density at radius 1 is 1.78 bits per heavy atom. The molecular formula is C5H10O4. The average molecular weight is 134 g/mol. The first-order valence-electron chi connectivity index (χ1n) is 2.67. The van der Waals surface area contributed by atoms with Crippen molar-refractivity contribution in [1.82, 2.24) is 0 Å². The van der Waals surface area contributed by atoms with Gasteiger partial charge in [0, 0.05) is 6.61 Å². The molecule has 54 valence electrons. The van der Waals surface area contributed by atoms with Gasteiger partial charge < -0.3 is 14.9 Å². The van der Waals surface area contributed by atoms with Crippen LogP contribution in [0.25, 0.3) is 0 Å². The highest BCUT2D eigenvalue weighted by Gasteiger charge is 2.14. The summed E-state index contributed by atoms with van der Waals surface area (Å²) in [5, 5.41) is 16.5. The van der Waals surface area contributed by atoms with Gasteiger partial charge in [0.15, 0.2) is 6.10 Å². The number of rotatable bonds is 4. The Balaban J connectivity index is 3.54. The molecule has 0 spiro atoms. The topological polar surface area (TPSA) is 66.8 Å². The summed E-state index contributed by atoms with van der Waals surface area (Å²) >= 11 is 0. The maximum Gasteiger partial charge on any atom is 0.335 e. The minimum absolute atomic E-state index is 0.303. The molecule has 0 aromatic rings. The van der Waals surface area contributed by atoms with E-state index in [0.29, 0.717) is 6.61 Å². The fourth-order valence-corrected chi connectivity index (χ4v) is 0.403.